The molecule has 5 atom stereocenters. The van der Waals surface area contributed by atoms with Crippen LogP contribution in [0.4, 0.5) is 0 Å². The van der Waals surface area contributed by atoms with Crippen molar-refractivity contribution >= 4 is 6.29 Å². The number of carbonyl (C=O) groups is 1. The van der Waals surface area contributed by atoms with E-state index in [4.69, 9.17) is 18.9 Å². The quantitative estimate of drug-likeness (QED) is 0.514. The van der Waals surface area contributed by atoms with E-state index in [2.05, 4.69) is 19.1 Å². The Labute approximate surface area is 167 Å². The highest BCUT2D eigenvalue weighted by Gasteiger charge is 2.55. The summed E-state index contributed by atoms with van der Waals surface area (Å²) in [4.78, 5) is 11.7. The van der Waals surface area contributed by atoms with Gasteiger partial charge < -0.3 is 18.9 Å². The van der Waals surface area contributed by atoms with Crippen LogP contribution in [0.2, 0.25) is 0 Å². The Morgan fingerprint density at radius 1 is 1.11 bits per heavy atom. The number of hydrogen-bond acceptors (Lipinski definition) is 5. The van der Waals surface area contributed by atoms with E-state index >= 15 is 0 Å². The minimum atomic E-state index is 0.162. The molecule has 0 bridgehead atoms. The van der Waals surface area contributed by atoms with Crippen LogP contribution >= 0.6 is 0 Å². The second-order valence-electron chi connectivity index (χ2n) is 8.86. The maximum absolute atomic E-state index is 11.7. The van der Waals surface area contributed by atoms with Crippen molar-refractivity contribution < 1.29 is 23.7 Å². The fourth-order valence-electron chi connectivity index (χ4n) is 6.33. The summed E-state index contributed by atoms with van der Waals surface area (Å²) < 4.78 is 21.9. The number of methoxy groups -OCH3 is 2. The smallest absolute Gasteiger partial charge is 0.188 e. The second-order valence-corrected chi connectivity index (χ2v) is 8.86. The molecule has 2 fully saturated rings. The first-order valence-electron chi connectivity index (χ1n) is 10.5. The van der Waals surface area contributed by atoms with Crippen LogP contribution in [0.1, 0.15) is 66.4 Å². The predicted octanol–water partition coefficient (Wildman–Crippen LogP) is 4.33. The minimum absolute atomic E-state index is 0.162. The van der Waals surface area contributed by atoms with Gasteiger partial charge in [0.2, 0.25) is 0 Å². The predicted molar refractivity (Wildman–Crippen MR) is 106 cm³/mol. The molecule has 5 nitrogen and oxygen atoms in total. The molecule has 1 aromatic rings. The maximum Gasteiger partial charge on any atom is 0.188 e. The Morgan fingerprint density at radius 3 is 2.68 bits per heavy atom. The van der Waals surface area contributed by atoms with Gasteiger partial charge in [-0.05, 0) is 85.0 Å². The van der Waals surface area contributed by atoms with Crippen molar-refractivity contribution in [2.75, 3.05) is 27.8 Å². The highest BCUT2D eigenvalue weighted by molar-refractivity contribution is 5.80. The van der Waals surface area contributed by atoms with Crippen molar-refractivity contribution in [2.45, 2.75) is 57.5 Å². The van der Waals surface area contributed by atoms with Gasteiger partial charge in [0.1, 0.15) is 12.5 Å². The SMILES string of the molecule is COCOc1cc2c(cc1C=O)[C@H]1CC[C@]3(C)[C@@H](OCOC)CC[C@H]3[C@@H]1CC2. The van der Waals surface area contributed by atoms with Crippen LogP contribution in [0.5, 0.6) is 5.75 Å². The Bertz CT molecular complexity index is 717. The zero-order valence-corrected chi connectivity index (χ0v) is 17.2. The molecule has 0 amide bonds. The van der Waals surface area contributed by atoms with Crippen LogP contribution in [-0.4, -0.2) is 40.2 Å². The van der Waals surface area contributed by atoms with Gasteiger partial charge in [0.25, 0.3) is 0 Å². The number of ether oxygens (including phenoxy) is 4. The molecular formula is C23H32O5. The zero-order valence-electron chi connectivity index (χ0n) is 17.2. The van der Waals surface area contributed by atoms with Gasteiger partial charge in [-0.15, -0.1) is 0 Å². The van der Waals surface area contributed by atoms with E-state index in [1.165, 1.54) is 30.4 Å². The van der Waals surface area contributed by atoms with Gasteiger partial charge in [-0.1, -0.05) is 6.92 Å². The molecule has 0 aliphatic heterocycles. The first-order valence-corrected chi connectivity index (χ1v) is 10.5. The molecule has 154 valence electrons. The van der Waals surface area contributed by atoms with Crippen molar-refractivity contribution in [3.63, 3.8) is 0 Å². The summed E-state index contributed by atoms with van der Waals surface area (Å²) in [5.74, 6) is 2.54. The van der Waals surface area contributed by atoms with E-state index in [0.717, 1.165) is 25.5 Å². The molecule has 3 aliphatic rings. The summed E-state index contributed by atoms with van der Waals surface area (Å²) in [7, 11) is 3.28. The van der Waals surface area contributed by atoms with Gasteiger partial charge in [-0.2, -0.15) is 0 Å². The van der Waals surface area contributed by atoms with Crippen molar-refractivity contribution in [1.29, 1.82) is 0 Å². The molecule has 1 aromatic carbocycles. The van der Waals surface area contributed by atoms with E-state index < -0.39 is 0 Å². The van der Waals surface area contributed by atoms with Crippen molar-refractivity contribution in [1.82, 2.24) is 0 Å². The molecule has 5 heteroatoms. The minimum Gasteiger partial charge on any atom is -0.467 e. The fourth-order valence-corrected chi connectivity index (χ4v) is 6.33. The first kappa shape index (κ1) is 19.9. The van der Waals surface area contributed by atoms with Gasteiger partial charge in [0, 0.05) is 14.2 Å². The lowest BCUT2D eigenvalue weighted by atomic mass is 9.55. The van der Waals surface area contributed by atoms with Crippen LogP contribution in [0.15, 0.2) is 12.1 Å². The lowest BCUT2D eigenvalue weighted by Gasteiger charge is -2.50. The number of rotatable bonds is 7. The summed E-state index contributed by atoms with van der Waals surface area (Å²) in [6, 6.07) is 4.15. The topological polar surface area (TPSA) is 54.0 Å². The Hall–Kier alpha value is -1.43. The Balaban J connectivity index is 1.60. The third kappa shape index (κ3) is 3.27. The lowest BCUT2D eigenvalue weighted by molar-refractivity contribution is -0.125. The number of benzene rings is 1. The number of aryl methyl sites for hydroxylation is 1. The van der Waals surface area contributed by atoms with E-state index in [1.54, 1.807) is 14.2 Å². The van der Waals surface area contributed by atoms with E-state index in [-0.39, 0.29) is 12.2 Å². The van der Waals surface area contributed by atoms with E-state index in [0.29, 0.717) is 42.0 Å². The van der Waals surface area contributed by atoms with Crippen LogP contribution in [-0.2, 0) is 20.6 Å². The first-order chi connectivity index (χ1) is 13.6. The molecule has 0 aromatic heterocycles. The number of carbonyl (C=O) groups excluding carboxylic acids is 1. The van der Waals surface area contributed by atoms with Crippen LogP contribution in [0, 0.1) is 17.3 Å². The summed E-state index contributed by atoms with van der Waals surface area (Å²) in [6.45, 7) is 2.97. The monoisotopic (exact) mass is 388 g/mol. The molecule has 0 spiro atoms. The largest absolute Gasteiger partial charge is 0.467 e. The summed E-state index contributed by atoms with van der Waals surface area (Å²) in [5.41, 5.74) is 3.59. The van der Waals surface area contributed by atoms with Crippen molar-refractivity contribution in [2.24, 2.45) is 17.3 Å². The molecule has 0 N–H and O–H groups in total. The summed E-state index contributed by atoms with van der Waals surface area (Å²) >= 11 is 0. The lowest BCUT2D eigenvalue weighted by Crippen LogP contribution is -2.44. The van der Waals surface area contributed by atoms with Gasteiger partial charge in [-0.3, -0.25) is 4.79 Å². The molecule has 0 saturated heterocycles. The normalized spacial score (nSPS) is 33.7. The average Bonchev–Trinajstić information content (AvgIpc) is 3.05. The molecular weight excluding hydrogens is 356 g/mol. The van der Waals surface area contributed by atoms with Gasteiger partial charge in [-0.25, -0.2) is 0 Å². The fraction of sp³-hybridized carbons (Fsp3) is 0.696. The molecule has 0 unspecified atom stereocenters. The highest BCUT2D eigenvalue weighted by atomic mass is 16.7. The zero-order chi connectivity index (χ0) is 19.7. The van der Waals surface area contributed by atoms with Gasteiger partial charge >= 0.3 is 0 Å². The summed E-state index contributed by atoms with van der Waals surface area (Å²) in [5, 5.41) is 0. The Kier molecular flexibility index (Phi) is 5.77. The molecule has 3 aliphatic carbocycles. The Morgan fingerprint density at radius 2 is 1.93 bits per heavy atom. The summed E-state index contributed by atoms with van der Waals surface area (Å²) in [6.07, 6.45) is 8.16. The molecule has 2 saturated carbocycles. The maximum atomic E-state index is 11.7. The standard InChI is InChI=1S/C23H32O5/c1-23-9-8-17-18(20(23)6-7-22(23)28-14-26-3)5-4-15-11-21(27-13-25-2)16(12-24)10-19(15)17/h10-12,17-18,20,22H,4-9,13-14H2,1-3H3/t17-,18+,20-,22-,23-/m0/s1. The van der Waals surface area contributed by atoms with E-state index in [9.17, 15) is 4.79 Å². The molecule has 4 rings (SSSR count). The van der Waals surface area contributed by atoms with Gasteiger partial charge in [0.05, 0.1) is 11.7 Å². The molecule has 0 heterocycles. The van der Waals surface area contributed by atoms with Crippen LogP contribution in [0.3, 0.4) is 0 Å². The molecule has 28 heavy (non-hydrogen) atoms. The average molecular weight is 389 g/mol. The van der Waals surface area contributed by atoms with Crippen LogP contribution < -0.4 is 4.74 Å². The van der Waals surface area contributed by atoms with Crippen molar-refractivity contribution in [3.8, 4) is 5.75 Å². The third-order valence-electron chi connectivity index (χ3n) is 7.61. The van der Waals surface area contributed by atoms with Gasteiger partial charge in [0.15, 0.2) is 13.1 Å². The van der Waals surface area contributed by atoms with Crippen molar-refractivity contribution in [3.05, 3.63) is 28.8 Å². The van der Waals surface area contributed by atoms with E-state index in [1.807, 2.05) is 0 Å². The number of fused-ring (bicyclic) bond motifs is 5. The number of aldehydes is 1. The third-order valence-corrected chi connectivity index (χ3v) is 7.61. The molecule has 0 radical (unpaired) electrons. The second kappa shape index (κ2) is 8.13. The highest BCUT2D eigenvalue weighted by Crippen LogP contribution is 2.61. The van der Waals surface area contributed by atoms with Crippen LogP contribution in [0.25, 0.3) is 0 Å². The number of hydrogen-bond donors (Lipinski definition) is 0.